The van der Waals surface area contributed by atoms with E-state index in [1.807, 2.05) is 48.6 Å². The molecular formula is C17H13ClO2. The Morgan fingerprint density at radius 1 is 1.10 bits per heavy atom. The van der Waals surface area contributed by atoms with Crippen LogP contribution in [0.3, 0.4) is 0 Å². The van der Waals surface area contributed by atoms with Gasteiger partial charge in [0.15, 0.2) is 5.78 Å². The number of rotatable bonds is 3. The topological polar surface area (TPSA) is 26.3 Å². The molecule has 0 aliphatic carbocycles. The van der Waals surface area contributed by atoms with Gasteiger partial charge in [-0.25, -0.2) is 0 Å². The molecule has 2 nitrogen and oxygen atoms in total. The number of carbonyl (C=O) groups is 1. The van der Waals surface area contributed by atoms with Gasteiger partial charge in [0, 0.05) is 11.1 Å². The van der Waals surface area contributed by atoms with E-state index in [2.05, 4.69) is 0 Å². The fourth-order valence-corrected chi connectivity index (χ4v) is 2.47. The number of hydrogen-bond donors (Lipinski definition) is 0. The van der Waals surface area contributed by atoms with Crippen molar-refractivity contribution in [1.82, 2.24) is 0 Å². The molecule has 1 unspecified atom stereocenters. The lowest BCUT2D eigenvalue weighted by molar-refractivity contribution is 0.0935. The van der Waals surface area contributed by atoms with E-state index < -0.39 is 0 Å². The lowest BCUT2D eigenvalue weighted by Gasteiger charge is -2.21. The lowest BCUT2D eigenvalue weighted by atomic mass is 10.0. The summed E-state index contributed by atoms with van der Waals surface area (Å²) in [5.74, 6) is 0.802. The first kappa shape index (κ1) is 12.9. The Balaban J connectivity index is 1.75. The van der Waals surface area contributed by atoms with E-state index in [0.29, 0.717) is 10.6 Å². The van der Waals surface area contributed by atoms with E-state index in [0.717, 1.165) is 11.3 Å². The fourth-order valence-electron chi connectivity index (χ4n) is 2.23. The van der Waals surface area contributed by atoms with Gasteiger partial charge < -0.3 is 4.74 Å². The van der Waals surface area contributed by atoms with Crippen LogP contribution >= 0.6 is 11.6 Å². The molecule has 1 atom stereocenters. The summed E-state index contributed by atoms with van der Waals surface area (Å²) in [6.45, 7) is 0. The summed E-state index contributed by atoms with van der Waals surface area (Å²) in [7, 11) is 0. The fraction of sp³-hybridized carbons (Fsp3) is 0.118. The minimum atomic E-state index is -0.242. The van der Waals surface area contributed by atoms with Crippen molar-refractivity contribution in [2.24, 2.45) is 0 Å². The smallest absolute Gasteiger partial charge is 0.168 e. The standard InChI is InChI=1S/C17H13ClO2/c18-15-7-3-2-6-14(15)16(19)11-13-10-9-12-5-1-4-8-17(12)20-13/h1-10,13H,11H2. The van der Waals surface area contributed by atoms with Crippen LogP contribution in [0, 0.1) is 0 Å². The minimum absolute atomic E-state index is 0.00960. The average Bonchev–Trinajstić information content (AvgIpc) is 2.47. The van der Waals surface area contributed by atoms with E-state index in [-0.39, 0.29) is 18.3 Å². The van der Waals surface area contributed by atoms with Crippen LogP contribution in [0.5, 0.6) is 5.75 Å². The SMILES string of the molecule is O=C(CC1C=Cc2ccccc2O1)c1ccccc1Cl. The summed E-state index contributed by atoms with van der Waals surface area (Å²) in [5, 5.41) is 0.484. The van der Waals surface area contributed by atoms with Gasteiger partial charge in [0.1, 0.15) is 11.9 Å². The van der Waals surface area contributed by atoms with Crippen molar-refractivity contribution in [3.05, 3.63) is 70.8 Å². The quantitative estimate of drug-likeness (QED) is 0.782. The first-order valence-corrected chi connectivity index (χ1v) is 6.83. The van der Waals surface area contributed by atoms with Crippen LogP contribution in [0.25, 0.3) is 6.08 Å². The van der Waals surface area contributed by atoms with Crippen LogP contribution in [-0.4, -0.2) is 11.9 Å². The van der Waals surface area contributed by atoms with E-state index in [1.165, 1.54) is 0 Å². The molecule has 0 amide bonds. The molecule has 0 saturated heterocycles. The summed E-state index contributed by atoms with van der Waals surface area (Å²) in [5.41, 5.74) is 1.58. The molecule has 20 heavy (non-hydrogen) atoms. The Morgan fingerprint density at radius 2 is 1.85 bits per heavy atom. The molecule has 0 bridgehead atoms. The van der Waals surface area contributed by atoms with Gasteiger partial charge in [0.25, 0.3) is 0 Å². The maximum Gasteiger partial charge on any atom is 0.168 e. The van der Waals surface area contributed by atoms with Crippen molar-refractivity contribution >= 4 is 23.5 Å². The highest BCUT2D eigenvalue weighted by atomic mass is 35.5. The summed E-state index contributed by atoms with van der Waals surface area (Å²) >= 11 is 6.04. The molecule has 3 heteroatoms. The maximum absolute atomic E-state index is 12.2. The third-order valence-electron chi connectivity index (χ3n) is 3.25. The molecule has 0 aromatic heterocycles. The number of ether oxygens (including phenoxy) is 1. The number of ketones is 1. The molecule has 2 aromatic carbocycles. The number of carbonyl (C=O) groups excluding carboxylic acids is 1. The zero-order valence-electron chi connectivity index (χ0n) is 10.8. The second-order valence-corrected chi connectivity index (χ2v) is 5.07. The van der Waals surface area contributed by atoms with Gasteiger partial charge in [-0.05, 0) is 24.3 Å². The Morgan fingerprint density at radius 3 is 2.70 bits per heavy atom. The van der Waals surface area contributed by atoms with Gasteiger partial charge in [0.05, 0.1) is 11.4 Å². The normalized spacial score (nSPS) is 16.4. The Bertz CT molecular complexity index is 676. The summed E-state index contributed by atoms with van der Waals surface area (Å²) < 4.78 is 5.81. The van der Waals surface area contributed by atoms with Crippen LogP contribution in [0.1, 0.15) is 22.3 Å². The van der Waals surface area contributed by atoms with E-state index >= 15 is 0 Å². The minimum Gasteiger partial charge on any atom is -0.485 e. The van der Waals surface area contributed by atoms with Crippen molar-refractivity contribution in [3.63, 3.8) is 0 Å². The first-order chi connectivity index (χ1) is 9.74. The molecule has 100 valence electrons. The third-order valence-corrected chi connectivity index (χ3v) is 3.58. The summed E-state index contributed by atoms with van der Waals surface area (Å²) in [6, 6.07) is 14.9. The van der Waals surface area contributed by atoms with Crippen molar-refractivity contribution in [3.8, 4) is 5.75 Å². The molecule has 0 fully saturated rings. The number of benzene rings is 2. The van der Waals surface area contributed by atoms with Crippen molar-refractivity contribution in [2.75, 3.05) is 0 Å². The van der Waals surface area contributed by atoms with Gasteiger partial charge in [-0.1, -0.05) is 48.0 Å². The molecule has 1 aliphatic rings. The van der Waals surface area contributed by atoms with Crippen molar-refractivity contribution in [1.29, 1.82) is 0 Å². The number of hydrogen-bond acceptors (Lipinski definition) is 2. The molecule has 0 N–H and O–H groups in total. The predicted molar refractivity (Wildman–Crippen MR) is 80.3 cm³/mol. The highest BCUT2D eigenvalue weighted by Gasteiger charge is 2.19. The van der Waals surface area contributed by atoms with Gasteiger partial charge in [-0.3, -0.25) is 4.79 Å². The van der Waals surface area contributed by atoms with E-state index in [9.17, 15) is 4.79 Å². The monoisotopic (exact) mass is 284 g/mol. The van der Waals surface area contributed by atoms with Crippen LogP contribution in [0.15, 0.2) is 54.6 Å². The van der Waals surface area contributed by atoms with Gasteiger partial charge in [0.2, 0.25) is 0 Å². The van der Waals surface area contributed by atoms with Crippen LogP contribution in [0.4, 0.5) is 0 Å². The highest BCUT2D eigenvalue weighted by molar-refractivity contribution is 6.33. The molecular weight excluding hydrogens is 272 g/mol. The second-order valence-electron chi connectivity index (χ2n) is 4.66. The largest absolute Gasteiger partial charge is 0.485 e. The van der Waals surface area contributed by atoms with Crippen molar-refractivity contribution < 1.29 is 9.53 Å². The van der Waals surface area contributed by atoms with Gasteiger partial charge >= 0.3 is 0 Å². The second kappa shape index (κ2) is 5.51. The predicted octanol–water partition coefficient (Wildman–Crippen LogP) is 4.39. The molecule has 0 radical (unpaired) electrons. The average molecular weight is 285 g/mol. The Hall–Kier alpha value is -2.06. The molecule has 1 aliphatic heterocycles. The zero-order valence-corrected chi connectivity index (χ0v) is 11.5. The molecule has 0 spiro atoms. The lowest BCUT2D eigenvalue weighted by Crippen LogP contribution is -2.21. The Labute approximate surface area is 122 Å². The molecule has 0 saturated carbocycles. The zero-order chi connectivity index (χ0) is 13.9. The summed E-state index contributed by atoms with van der Waals surface area (Å²) in [4.78, 5) is 12.2. The maximum atomic E-state index is 12.2. The number of fused-ring (bicyclic) bond motifs is 1. The first-order valence-electron chi connectivity index (χ1n) is 6.45. The summed E-state index contributed by atoms with van der Waals surface area (Å²) in [6.07, 6.45) is 3.95. The van der Waals surface area contributed by atoms with Crippen LogP contribution in [-0.2, 0) is 0 Å². The van der Waals surface area contributed by atoms with E-state index in [1.54, 1.807) is 12.1 Å². The van der Waals surface area contributed by atoms with Crippen LogP contribution < -0.4 is 4.74 Å². The number of para-hydroxylation sites is 1. The number of halogens is 1. The third kappa shape index (κ3) is 2.61. The highest BCUT2D eigenvalue weighted by Crippen LogP contribution is 2.27. The molecule has 3 rings (SSSR count). The Kier molecular flexibility index (Phi) is 3.57. The molecule has 2 aromatic rings. The van der Waals surface area contributed by atoms with Crippen molar-refractivity contribution in [2.45, 2.75) is 12.5 Å². The number of Topliss-reactive ketones (excluding diaryl/α,β-unsaturated/α-hetero) is 1. The van der Waals surface area contributed by atoms with E-state index in [4.69, 9.17) is 16.3 Å². The van der Waals surface area contributed by atoms with Gasteiger partial charge in [-0.2, -0.15) is 0 Å². The van der Waals surface area contributed by atoms with Crippen LogP contribution in [0.2, 0.25) is 5.02 Å². The van der Waals surface area contributed by atoms with Gasteiger partial charge in [-0.15, -0.1) is 0 Å². The molecule has 1 heterocycles.